The molecule has 0 aliphatic carbocycles. The monoisotopic (exact) mass is 637 g/mol. The highest BCUT2D eigenvalue weighted by atomic mass is 35.5. The quantitative estimate of drug-likeness (QED) is 0.207. The van der Waals surface area contributed by atoms with Crippen molar-refractivity contribution in [2.24, 2.45) is 0 Å². The first-order valence-electron chi connectivity index (χ1n) is 13.3. The molecule has 3 rings (SSSR count). The van der Waals surface area contributed by atoms with Crippen LogP contribution in [0.2, 0.25) is 15.1 Å². The van der Waals surface area contributed by atoms with Gasteiger partial charge >= 0.3 is 0 Å². The topological polar surface area (TPSA) is 86.8 Å². The van der Waals surface area contributed by atoms with Crippen LogP contribution in [-0.4, -0.2) is 44.3 Å². The number of nitrogens with one attached hydrogen (secondary N) is 1. The maximum atomic E-state index is 14.1. The van der Waals surface area contributed by atoms with Gasteiger partial charge in [0, 0.05) is 13.1 Å². The number of rotatable bonds is 13. The molecule has 0 aromatic heterocycles. The Hall–Kier alpha value is -2.78. The van der Waals surface area contributed by atoms with Crippen molar-refractivity contribution in [2.75, 3.05) is 17.4 Å². The molecule has 0 fully saturated rings. The zero-order valence-electron chi connectivity index (χ0n) is 23.2. The molecule has 0 saturated carbocycles. The number of hydrogen-bond acceptors (Lipinski definition) is 4. The number of amides is 2. The van der Waals surface area contributed by atoms with Gasteiger partial charge in [0.2, 0.25) is 11.8 Å². The number of nitrogens with zero attached hydrogens (tertiary/aromatic N) is 2. The number of hydrogen-bond donors (Lipinski definition) is 1. The van der Waals surface area contributed by atoms with Crippen LogP contribution in [0.4, 0.5) is 5.69 Å². The molecule has 1 atom stereocenters. The first kappa shape index (κ1) is 32.7. The third kappa shape index (κ3) is 8.38. The van der Waals surface area contributed by atoms with Crippen LogP contribution in [0.1, 0.15) is 44.2 Å². The SMILES string of the molecule is CCCCNC(=O)[C@@H](CC)N(Cc1ccc(Cl)c(Cl)c1)C(=O)CN(c1ccccc1Cl)S(=O)(=O)c1ccc(C)cc1. The third-order valence-corrected chi connectivity index (χ3v) is 9.39. The Bertz CT molecular complexity index is 1470. The summed E-state index contributed by atoms with van der Waals surface area (Å²) in [6, 6.07) is 16.9. The lowest BCUT2D eigenvalue weighted by Crippen LogP contribution is -2.52. The summed E-state index contributed by atoms with van der Waals surface area (Å²) in [5, 5.41) is 3.72. The lowest BCUT2D eigenvalue weighted by molar-refractivity contribution is -0.140. The van der Waals surface area contributed by atoms with Gasteiger partial charge in [-0.15, -0.1) is 0 Å². The fourth-order valence-corrected chi connectivity index (χ4v) is 6.31. The second-order valence-electron chi connectivity index (χ2n) is 9.61. The number of carbonyl (C=O) groups excluding carboxylic acids is 2. The standard InChI is InChI=1S/C30H34Cl3N3O4S/c1-4-6-17-34-30(38)27(5-2)35(19-22-13-16-24(31)26(33)18-22)29(37)20-36(28-10-8-7-9-25(28)32)41(39,40)23-14-11-21(3)12-15-23/h7-16,18,27H,4-6,17,19-20H2,1-3H3,(H,34,38)/t27-/m1/s1. The van der Waals surface area contributed by atoms with Crippen LogP contribution in [0.25, 0.3) is 0 Å². The lowest BCUT2D eigenvalue weighted by atomic mass is 10.1. The van der Waals surface area contributed by atoms with E-state index in [0.29, 0.717) is 28.6 Å². The van der Waals surface area contributed by atoms with E-state index < -0.39 is 28.5 Å². The minimum atomic E-state index is -4.22. The predicted molar refractivity (Wildman–Crippen MR) is 166 cm³/mol. The molecule has 7 nitrogen and oxygen atoms in total. The molecule has 0 radical (unpaired) electrons. The summed E-state index contributed by atoms with van der Waals surface area (Å²) in [5.74, 6) is -0.899. The number of unbranched alkanes of at least 4 members (excludes halogenated alkanes) is 1. The number of carbonyl (C=O) groups is 2. The number of benzene rings is 3. The molecule has 1 N–H and O–H groups in total. The molecule has 0 unspecified atom stereocenters. The van der Waals surface area contributed by atoms with E-state index in [-0.39, 0.29) is 28.1 Å². The molecule has 0 aliphatic rings. The van der Waals surface area contributed by atoms with E-state index in [1.165, 1.54) is 17.0 Å². The van der Waals surface area contributed by atoms with Crippen LogP contribution < -0.4 is 9.62 Å². The van der Waals surface area contributed by atoms with Crippen LogP contribution in [-0.2, 0) is 26.2 Å². The maximum Gasteiger partial charge on any atom is 0.264 e. The Kier molecular flexibility index (Phi) is 11.9. The number of halogens is 3. The highest BCUT2D eigenvalue weighted by Gasteiger charge is 2.34. The van der Waals surface area contributed by atoms with Crippen molar-refractivity contribution < 1.29 is 18.0 Å². The fraction of sp³-hybridized carbons (Fsp3) is 0.333. The van der Waals surface area contributed by atoms with Gasteiger partial charge in [-0.05, 0) is 61.7 Å². The summed E-state index contributed by atoms with van der Waals surface area (Å²) >= 11 is 18.8. The average Bonchev–Trinajstić information content (AvgIpc) is 2.94. The van der Waals surface area contributed by atoms with Gasteiger partial charge in [0.15, 0.2) is 0 Å². The molecular formula is C30H34Cl3N3O4S. The van der Waals surface area contributed by atoms with E-state index in [9.17, 15) is 18.0 Å². The zero-order chi connectivity index (χ0) is 30.2. The van der Waals surface area contributed by atoms with Gasteiger partial charge in [0.1, 0.15) is 12.6 Å². The molecule has 0 bridgehead atoms. The van der Waals surface area contributed by atoms with Crippen molar-refractivity contribution in [3.63, 3.8) is 0 Å². The molecule has 2 amide bonds. The van der Waals surface area contributed by atoms with Gasteiger partial charge in [-0.25, -0.2) is 8.42 Å². The fourth-order valence-electron chi connectivity index (χ4n) is 4.27. The van der Waals surface area contributed by atoms with Crippen molar-refractivity contribution >= 4 is 62.3 Å². The number of aryl methyl sites for hydroxylation is 1. The van der Waals surface area contributed by atoms with Crippen LogP contribution >= 0.6 is 34.8 Å². The van der Waals surface area contributed by atoms with Crippen LogP contribution in [0.3, 0.4) is 0 Å². The van der Waals surface area contributed by atoms with Crippen LogP contribution in [0.15, 0.2) is 71.6 Å². The molecular weight excluding hydrogens is 605 g/mol. The molecule has 0 aliphatic heterocycles. The first-order valence-corrected chi connectivity index (χ1v) is 15.9. The molecule has 41 heavy (non-hydrogen) atoms. The smallest absolute Gasteiger partial charge is 0.264 e. The summed E-state index contributed by atoms with van der Waals surface area (Å²) in [4.78, 5) is 28.8. The van der Waals surface area contributed by atoms with Crippen molar-refractivity contribution in [2.45, 2.75) is 57.5 Å². The van der Waals surface area contributed by atoms with Gasteiger partial charge < -0.3 is 10.2 Å². The lowest BCUT2D eigenvalue weighted by Gasteiger charge is -2.33. The van der Waals surface area contributed by atoms with Gasteiger partial charge in [0.25, 0.3) is 10.0 Å². The summed E-state index contributed by atoms with van der Waals surface area (Å²) in [6.07, 6.45) is 1.99. The number of para-hydroxylation sites is 1. The molecule has 0 spiro atoms. The Labute approximate surface area is 257 Å². The highest BCUT2D eigenvalue weighted by molar-refractivity contribution is 7.92. The Balaban J connectivity index is 2.06. The molecule has 0 saturated heterocycles. The van der Waals surface area contributed by atoms with Crippen molar-refractivity contribution in [1.82, 2.24) is 10.2 Å². The predicted octanol–water partition coefficient (Wildman–Crippen LogP) is 6.87. The Morgan fingerprint density at radius 2 is 1.59 bits per heavy atom. The normalized spacial score (nSPS) is 12.0. The van der Waals surface area contributed by atoms with E-state index in [2.05, 4.69) is 5.32 Å². The van der Waals surface area contributed by atoms with Crippen molar-refractivity contribution in [3.8, 4) is 0 Å². The maximum absolute atomic E-state index is 14.1. The van der Waals surface area contributed by atoms with Gasteiger partial charge in [-0.2, -0.15) is 0 Å². The Morgan fingerprint density at radius 3 is 2.20 bits per heavy atom. The molecule has 11 heteroatoms. The third-order valence-electron chi connectivity index (χ3n) is 6.56. The summed E-state index contributed by atoms with van der Waals surface area (Å²) in [5.41, 5.74) is 1.67. The summed E-state index contributed by atoms with van der Waals surface area (Å²) in [6.45, 7) is 5.56. The highest BCUT2D eigenvalue weighted by Crippen LogP contribution is 2.31. The van der Waals surface area contributed by atoms with Crippen molar-refractivity contribution in [1.29, 1.82) is 0 Å². The minimum Gasteiger partial charge on any atom is -0.354 e. The second-order valence-corrected chi connectivity index (χ2v) is 12.7. The molecule has 220 valence electrons. The second kappa shape index (κ2) is 14.9. The molecule has 3 aromatic carbocycles. The number of sulfonamides is 1. The Morgan fingerprint density at radius 1 is 0.902 bits per heavy atom. The zero-order valence-corrected chi connectivity index (χ0v) is 26.3. The van der Waals surface area contributed by atoms with Gasteiger partial charge in [-0.3, -0.25) is 13.9 Å². The van der Waals surface area contributed by atoms with Crippen LogP contribution in [0.5, 0.6) is 0 Å². The molecule has 0 heterocycles. The first-order chi connectivity index (χ1) is 19.5. The van der Waals surface area contributed by atoms with E-state index in [4.69, 9.17) is 34.8 Å². The summed E-state index contributed by atoms with van der Waals surface area (Å²) < 4.78 is 28.8. The van der Waals surface area contributed by atoms with E-state index in [0.717, 1.165) is 22.7 Å². The van der Waals surface area contributed by atoms with E-state index in [1.807, 2.05) is 13.8 Å². The summed E-state index contributed by atoms with van der Waals surface area (Å²) in [7, 11) is -4.22. The van der Waals surface area contributed by atoms with E-state index in [1.54, 1.807) is 61.5 Å². The van der Waals surface area contributed by atoms with E-state index >= 15 is 0 Å². The molecule has 3 aromatic rings. The minimum absolute atomic E-state index is 0.0103. The number of anilines is 1. The van der Waals surface area contributed by atoms with Gasteiger partial charge in [0.05, 0.1) is 25.7 Å². The largest absolute Gasteiger partial charge is 0.354 e. The van der Waals surface area contributed by atoms with Crippen molar-refractivity contribution in [3.05, 3.63) is 92.9 Å². The van der Waals surface area contributed by atoms with Crippen LogP contribution in [0, 0.1) is 6.92 Å². The average molecular weight is 639 g/mol. The van der Waals surface area contributed by atoms with Gasteiger partial charge in [-0.1, -0.05) is 91.0 Å².